The fourth-order valence-electron chi connectivity index (χ4n) is 3.48. The van der Waals surface area contributed by atoms with Crippen LogP contribution in [0.3, 0.4) is 0 Å². The van der Waals surface area contributed by atoms with Crippen molar-refractivity contribution in [1.29, 1.82) is 5.26 Å². The van der Waals surface area contributed by atoms with Crippen LogP contribution in [0.5, 0.6) is 0 Å². The molecule has 5 nitrogen and oxygen atoms in total. The molecule has 1 N–H and O–H groups in total. The van der Waals surface area contributed by atoms with Crippen LogP contribution in [0.4, 0.5) is 15.8 Å². The van der Waals surface area contributed by atoms with Crippen LogP contribution < -0.4 is 10.2 Å². The Morgan fingerprint density at radius 1 is 1.06 bits per heavy atom. The first kappa shape index (κ1) is 22.3. The van der Waals surface area contributed by atoms with E-state index in [1.807, 2.05) is 43.3 Å². The third kappa shape index (κ3) is 4.81. The largest absolute Gasteiger partial charge is 0.319 e. The molecular formula is C26H20FN3O2S. The highest BCUT2D eigenvalue weighted by Crippen LogP contribution is 2.42. The number of hydrogen-bond acceptors (Lipinski definition) is 4. The zero-order chi connectivity index (χ0) is 23.4. The number of anilines is 2. The normalized spacial score (nSPS) is 16.9. The molecule has 1 atom stereocenters. The molecule has 0 radical (unpaired) electrons. The van der Waals surface area contributed by atoms with Crippen molar-refractivity contribution in [1.82, 2.24) is 0 Å². The van der Waals surface area contributed by atoms with E-state index >= 15 is 0 Å². The topological polar surface area (TPSA) is 73.2 Å². The second kappa shape index (κ2) is 9.72. The van der Waals surface area contributed by atoms with Crippen molar-refractivity contribution in [2.45, 2.75) is 18.6 Å². The van der Waals surface area contributed by atoms with Gasteiger partial charge in [-0.2, -0.15) is 5.26 Å². The number of carbonyl (C=O) groups is 2. The minimum absolute atomic E-state index is 0.0346. The van der Waals surface area contributed by atoms with E-state index in [0.717, 1.165) is 11.1 Å². The summed E-state index contributed by atoms with van der Waals surface area (Å²) in [6.07, 6.45) is 0.449. The molecule has 33 heavy (non-hydrogen) atoms. The Kier molecular flexibility index (Phi) is 6.57. The Bertz CT molecular complexity index is 1270. The molecule has 7 heteroatoms. The van der Waals surface area contributed by atoms with Crippen molar-refractivity contribution >= 4 is 35.0 Å². The van der Waals surface area contributed by atoms with E-state index in [1.165, 1.54) is 34.9 Å². The fraction of sp³-hybridized carbons (Fsp3) is 0.115. The summed E-state index contributed by atoms with van der Waals surface area (Å²) in [7, 11) is 0. The van der Waals surface area contributed by atoms with Crippen molar-refractivity contribution in [2.24, 2.45) is 0 Å². The number of hydrogen-bond donors (Lipinski definition) is 1. The highest BCUT2D eigenvalue weighted by atomic mass is 32.2. The van der Waals surface area contributed by atoms with E-state index in [9.17, 15) is 19.2 Å². The molecule has 1 saturated heterocycles. The minimum atomic E-state index is -0.769. The summed E-state index contributed by atoms with van der Waals surface area (Å²) in [4.78, 5) is 27.8. The van der Waals surface area contributed by atoms with Crippen LogP contribution in [0.15, 0.2) is 89.5 Å². The van der Waals surface area contributed by atoms with Gasteiger partial charge in [-0.3, -0.25) is 14.5 Å². The third-order valence-electron chi connectivity index (χ3n) is 5.18. The average Bonchev–Trinajstić information content (AvgIpc) is 3.13. The fourth-order valence-corrected chi connectivity index (χ4v) is 4.79. The van der Waals surface area contributed by atoms with Gasteiger partial charge in [0.1, 0.15) is 22.5 Å². The van der Waals surface area contributed by atoms with Gasteiger partial charge in [-0.1, -0.05) is 71.9 Å². The van der Waals surface area contributed by atoms with E-state index in [4.69, 9.17) is 0 Å². The summed E-state index contributed by atoms with van der Waals surface area (Å²) in [6.45, 7) is 1.99. The first-order chi connectivity index (χ1) is 16.0. The summed E-state index contributed by atoms with van der Waals surface area (Å²) in [6, 6.07) is 24.4. The first-order valence-electron chi connectivity index (χ1n) is 10.3. The minimum Gasteiger partial charge on any atom is -0.319 e. The number of para-hydroxylation sites is 2. The number of carbonyl (C=O) groups excluding carboxylic acids is 2. The SMILES string of the molecule is Cc1ccc(C[C@H]2S/C(=C(/C#N)C(=O)Nc3ccccc3F)N(c3ccccc3)C2=O)cc1. The smallest absolute Gasteiger partial charge is 0.269 e. The molecule has 1 aliphatic rings. The number of thioether (sulfide) groups is 1. The molecule has 1 aliphatic heterocycles. The van der Waals surface area contributed by atoms with Crippen LogP contribution in [0.25, 0.3) is 0 Å². The summed E-state index contributed by atoms with van der Waals surface area (Å²) in [5.74, 6) is -1.59. The molecule has 3 aromatic rings. The molecule has 0 aromatic heterocycles. The molecule has 4 rings (SSSR count). The van der Waals surface area contributed by atoms with Gasteiger partial charge in [-0.25, -0.2) is 4.39 Å². The van der Waals surface area contributed by atoms with Crippen molar-refractivity contribution in [3.05, 3.63) is 106 Å². The summed E-state index contributed by atoms with van der Waals surface area (Å²) in [5.41, 5.74) is 2.38. The average molecular weight is 458 g/mol. The van der Waals surface area contributed by atoms with Gasteiger partial charge in [-0.05, 0) is 43.2 Å². The standard InChI is InChI=1S/C26H20FN3O2S/c1-17-11-13-18(14-12-17)15-23-25(32)30(19-7-3-2-4-8-19)26(33-23)20(16-28)24(31)29-22-10-6-5-9-21(22)27/h2-14,23H,15H2,1H3,(H,29,31)/b26-20-/t23-/m1/s1. The molecule has 1 heterocycles. The van der Waals surface area contributed by atoms with E-state index in [0.29, 0.717) is 12.1 Å². The lowest BCUT2D eigenvalue weighted by Crippen LogP contribution is -2.30. The van der Waals surface area contributed by atoms with Gasteiger partial charge in [0.05, 0.1) is 10.9 Å². The monoisotopic (exact) mass is 457 g/mol. The second-order valence-corrected chi connectivity index (χ2v) is 8.72. The van der Waals surface area contributed by atoms with Crippen LogP contribution in [-0.4, -0.2) is 17.1 Å². The van der Waals surface area contributed by atoms with Gasteiger partial charge in [0, 0.05) is 5.69 Å². The number of halogens is 1. The van der Waals surface area contributed by atoms with E-state index in [1.54, 1.807) is 30.3 Å². The van der Waals surface area contributed by atoms with E-state index in [-0.39, 0.29) is 22.2 Å². The molecule has 0 spiro atoms. The summed E-state index contributed by atoms with van der Waals surface area (Å²) >= 11 is 1.18. The molecule has 164 valence electrons. The molecule has 0 aliphatic carbocycles. The van der Waals surface area contributed by atoms with Crippen molar-refractivity contribution in [3.63, 3.8) is 0 Å². The zero-order valence-corrected chi connectivity index (χ0v) is 18.6. The van der Waals surface area contributed by atoms with Gasteiger partial charge in [0.25, 0.3) is 5.91 Å². The van der Waals surface area contributed by atoms with E-state index < -0.39 is 17.0 Å². The number of rotatable bonds is 5. The Morgan fingerprint density at radius 3 is 2.39 bits per heavy atom. The number of amides is 2. The van der Waals surface area contributed by atoms with Gasteiger partial charge < -0.3 is 5.32 Å². The van der Waals surface area contributed by atoms with Gasteiger partial charge in [-0.15, -0.1) is 0 Å². The molecule has 1 fully saturated rings. The van der Waals surface area contributed by atoms with E-state index in [2.05, 4.69) is 5.32 Å². The predicted octanol–water partition coefficient (Wildman–Crippen LogP) is 5.20. The van der Waals surface area contributed by atoms with Crippen LogP contribution in [-0.2, 0) is 16.0 Å². The highest BCUT2D eigenvalue weighted by molar-refractivity contribution is 8.05. The predicted molar refractivity (Wildman–Crippen MR) is 128 cm³/mol. The molecule has 0 bridgehead atoms. The molecular weight excluding hydrogens is 437 g/mol. The van der Waals surface area contributed by atoms with Crippen LogP contribution in [0.1, 0.15) is 11.1 Å². The first-order valence-corrected chi connectivity index (χ1v) is 11.2. The van der Waals surface area contributed by atoms with Gasteiger partial charge in [0.2, 0.25) is 5.91 Å². The summed E-state index contributed by atoms with van der Waals surface area (Å²) < 4.78 is 14.0. The van der Waals surface area contributed by atoms with Crippen molar-refractivity contribution < 1.29 is 14.0 Å². The lowest BCUT2D eigenvalue weighted by molar-refractivity contribution is -0.117. The Balaban J connectivity index is 1.72. The van der Waals surface area contributed by atoms with Crippen molar-refractivity contribution in [2.75, 3.05) is 10.2 Å². The molecule has 2 amide bonds. The highest BCUT2D eigenvalue weighted by Gasteiger charge is 2.40. The Hall–Kier alpha value is -3.89. The number of aryl methyl sites for hydroxylation is 1. The Morgan fingerprint density at radius 2 is 1.73 bits per heavy atom. The third-order valence-corrected chi connectivity index (χ3v) is 6.45. The molecule has 3 aromatic carbocycles. The van der Waals surface area contributed by atoms with Gasteiger partial charge >= 0.3 is 0 Å². The maximum Gasteiger partial charge on any atom is 0.269 e. The zero-order valence-electron chi connectivity index (χ0n) is 17.8. The molecule has 0 unspecified atom stereocenters. The number of nitriles is 1. The van der Waals surface area contributed by atoms with Crippen LogP contribution in [0, 0.1) is 24.1 Å². The second-order valence-electron chi connectivity index (χ2n) is 7.53. The number of nitrogens with one attached hydrogen (secondary N) is 1. The van der Waals surface area contributed by atoms with Crippen LogP contribution in [0.2, 0.25) is 0 Å². The van der Waals surface area contributed by atoms with Crippen LogP contribution >= 0.6 is 11.8 Å². The lowest BCUT2D eigenvalue weighted by atomic mass is 10.1. The molecule has 0 saturated carbocycles. The van der Waals surface area contributed by atoms with Crippen molar-refractivity contribution in [3.8, 4) is 6.07 Å². The summed E-state index contributed by atoms with van der Waals surface area (Å²) in [5, 5.41) is 12.0. The maximum atomic E-state index is 14.0. The number of benzene rings is 3. The Labute approximate surface area is 195 Å². The quantitative estimate of drug-likeness (QED) is 0.422. The lowest BCUT2D eigenvalue weighted by Gasteiger charge is -2.18. The maximum absolute atomic E-state index is 14.0. The number of nitrogens with zero attached hydrogens (tertiary/aromatic N) is 2. The van der Waals surface area contributed by atoms with Gasteiger partial charge in [0.15, 0.2) is 0 Å².